The normalized spacial score (nSPS) is 12.1. The molecule has 92 valence electrons. The lowest BCUT2D eigenvalue weighted by Crippen LogP contribution is -2.16. The van der Waals surface area contributed by atoms with Crippen LogP contribution in [0.3, 0.4) is 0 Å². The first kappa shape index (κ1) is 12.3. The van der Waals surface area contributed by atoms with Crippen LogP contribution in [0.2, 0.25) is 0 Å². The van der Waals surface area contributed by atoms with E-state index in [2.05, 4.69) is 11.6 Å². The Balaban J connectivity index is 2.34. The molecule has 0 spiro atoms. The van der Waals surface area contributed by atoms with E-state index in [4.69, 9.17) is 0 Å². The van der Waals surface area contributed by atoms with Gasteiger partial charge in [0.05, 0.1) is 0 Å². The van der Waals surface area contributed by atoms with Gasteiger partial charge in [-0.05, 0) is 18.6 Å². The summed E-state index contributed by atoms with van der Waals surface area (Å²) in [6.45, 7) is 5.56. The number of para-hydroxylation sites is 1. The second kappa shape index (κ2) is 5.45. The Kier molecular flexibility index (Phi) is 3.72. The minimum atomic E-state index is -0.0904. The number of rotatable bonds is 5. The number of carbonyl (C=O) groups excluding carboxylic acids is 1. The van der Waals surface area contributed by atoms with E-state index in [0.29, 0.717) is 12.2 Å². The van der Waals surface area contributed by atoms with Crippen molar-refractivity contribution in [2.45, 2.75) is 13.3 Å². The molecule has 0 fully saturated rings. The van der Waals surface area contributed by atoms with Crippen LogP contribution < -0.4 is 0 Å². The number of carbonyl (C=O) groups is 1. The van der Waals surface area contributed by atoms with Gasteiger partial charge in [-0.1, -0.05) is 31.2 Å². The molecule has 0 aliphatic carbocycles. The number of Topliss-reactive ketones (excluding diaryl/α,β-unsaturated/α-hetero) is 1. The number of allylic oxidation sites excluding steroid dienone is 1. The Morgan fingerprint density at radius 3 is 2.83 bits per heavy atom. The van der Waals surface area contributed by atoms with Crippen molar-refractivity contribution in [3.05, 3.63) is 61.2 Å². The third-order valence-corrected chi connectivity index (χ3v) is 2.86. The SMILES string of the molecule is C=CC[C@H](C)C(=O)c1nccn1-c1ccccc1. The number of benzene rings is 1. The predicted molar refractivity (Wildman–Crippen MR) is 71.9 cm³/mol. The highest BCUT2D eigenvalue weighted by Crippen LogP contribution is 2.15. The van der Waals surface area contributed by atoms with Crippen molar-refractivity contribution < 1.29 is 4.79 Å². The third kappa shape index (κ3) is 2.40. The molecule has 1 heterocycles. The first-order chi connectivity index (χ1) is 8.74. The molecule has 2 rings (SSSR count). The average molecular weight is 240 g/mol. The van der Waals surface area contributed by atoms with E-state index in [0.717, 1.165) is 5.69 Å². The Morgan fingerprint density at radius 2 is 2.17 bits per heavy atom. The molecule has 1 aromatic carbocycles. The molecule has 1 aromatic heterocycles. The maximum atomic E-state index is 12.3. The summed E-state index contributed by atoms with van der Waals surface area (Å²) in [6.07, 6.45) is 5.89. The van der Waals surface area contributed by atoms with Gasteiger partial charge < -0.3 is 0 Å². The fourth-order valence-electron chi connectivity index (χ4n) is 1.86. The Morgan fingerprint density at radius 1 is 1.44 bits per heavy atom. The summed E-state index contributed by atoms with van der Waals surface area (Å²) in [5.74, 6) is 0.437. The molecule has 0 saturated carbocycles. The molecule has 0 aliphatic heterocycles. The van der Waals surface area contributed by atoms with E-state index in [9.17, 15) is 4.79 Å². The molecule has 2 aromatic rings. The van der Waals surface area contributed by atoms with Crippen LogP contribution in [-0.4, -0.2) is 15.3 Å². The van der Waals surface area contributed by atoms with Gasteiger partial charge in [0, 0.05) is 24.0 Å². The molecule has 0 aliphatic rings. The van der Waals surface area contributed by atoms with E-state index >= 15 is 0 Å². The van der Waals surface area contributed by atoms with Crippen molar-refractivity contribution in [1.82, 2.24) is 9.55 Å². The second-order valence-electron chi connectivity index (χ2n) is 4.25. The van der Waals surface area contributed by atoms with Gasteiger partial charge in [-0.2, -0.15) is 0 Å². The van der Waals surface area contributed by atoms with Crippen LogP contribution in [0, 0.1) is 5.92 Å². The molecule has 0 N–H and O–H groups in total. The zero-order valence-electron chi connectivity index (χ0n) is 10.4. The maximum Gasteiger partial charge on any atom is 0.201 e. The van der Waals surface area contributed by atoms with E-state index in [1.165, 1.54) is 0 Å². The van der Waals surface area contributed by atoms with Gasteiger partial charge in [-0.15, -0.1) is 6.58 Å². The van der Waals surface area contributed by atoms with Crippen LogP contribution in [0.1, 0.15) is 24.0 Å². The number of imidazole rings is 1. The van der Waals surface area contributed by atoms with Crippen LogP contribution in [0.25, 0.3) is 5.69 Å². The molecule has 0 saturated heterocycles. The summed E-state index contributed by atoms with van der Waals surface area (Å²) in [6, 6.07) is 9.74. The number of aromatic nitrogens is 2. The van der Waals surface area contributed by atoms with Crippen LogP contribution in [-0.2, 0) is 0 Å². The number of nitrogens with zero attached hydrogens (tertiary/aromatic N) is 2. The topological polar surface area (TPSA) is 34.9 Å². The highest BCUT2D eigenvalue weighted by Gasteiger charge is 2.19. The monoisotopic (exact) mass is 240 g/mol. The van der Waals surface area contributed by atoms with E-state index < -0.39 is 0 Å². The third-order valence-electron chi connectivity index (χ3n) is 2.86. The van der Waals surface area contributed by atoms with Crippen molar-refractivity contribution in [2.75, 3.05) is 0 Å². The van der Waals surface area contributed by atoms with Crippen LogP contribution in [0.5, 0.6) is 0 Å². The molecular formula is C15H16N2O. The Bertz CT molecular complexity index is 543. The highest BCUT2D eigenvalue weighted by molar-refractivity contribution is 5.95. The fourth-order valence-corrected chi connectivity index (χ4v) is 1.86. The second-order valence-corrected chi connectivity index (χ2v) is 4.25. The Hall–Kier alpha value is -2.16. The molecule has 1 atom stereocenters. The smallest absolute Gasteiger partial charge is 0.201 e. The van der Waals surface area contributed by atoms with Gasteiger partial charge in [0.1, 0.15) is 0 Å². The van der Waals surface area contributed by atoms with Crippen molar-refractivity contribution in [2.24, 2.45) is 5.92 Å². The van der Waals surface area contributed by atoms with Crippen LogP contribution >= 0.6 is 0 Å². The minimum absolute atomic E-state index is 0.0451. The summed E-state index contributed by atoms with van der Waals surface area (Å²) < 4.78 is 1.82. The van der Waals surface area contributed by atoms with Gasteiger partial charge in [-0.25, -0.2) is 4.98 Å². The summed E-state index contributed by atoms with van der Waals surface area (Å²) in [5.41, 5.74) is 0.948. The first-order valence-electron chi connectivity index (χ1n) is 5.98. The minimum Gasteiger partial charge on any atom is -0.297 e. The van der Waals surface area contributed by atoms with E-state index in [1.807, 2.05) is 48.0 Å². The summed E-state index contributed by atoms with van der Waals surface area (Å²) in [7, 11) is 0. The van der Waals surface area contributed by atoms with Gasteiger partial charge >= 0.3 is 0 Å². The first-order valence-corrected chi connectivity index (χ1v) is 5.98. The van der Waals surface area contributed by atoms with E-state index in [-0.39, 0.29) is 11.7 Å². The Labute approximate surface area is 107 Å². The van der Waals surface area contributed by atoms with Gasteiger partial charge in [0.2, 0.25) is 5.78 Å². The van der Waals surface area contributed by atoms with Crippen LogP contribution in [0.4, 0.5) is 0 Å². The number of ketones is 1. The molecule has 3 heteroatoms. The van der Waals surface area contributed by atoms with Crippen molar-refractivity contribution >= 4 is 5.78 Å². The quantitative estimate of drug-likeness (QED) is 0.594. The summed E-state index contributed by atoms with van der Waals surface area (Å²) in [5, 5.41) is 0. The van der Waals surface area contributed by atoms with Gasteiger partial charge in [0.25, 0.3) is 0 Å². The highest BCUT2D eigenvalue weighted by atomic mass is 16.1. The van der Waals surface area contributed by atoms with Crippen molar-refractivity contribution in [1.29, 1.82) is 0 Å². The predicted octanol–water partition coefficient (Wildman–Crippen LogP) is 3.27. The van der Waals surface area contributed by atoms with Crippen molar-refractivity contribution in [3.8, 4) is 5.69 Å². The largest absolute Gasteiger partial charge is 0.297 e. The molecule has 3 nitrogen and oxygen atoms in total. The molecule has 0 amide bonds. The summed E-state index contributed by atoms with van der Waals surface area (Å²) >= 11 is 0. The molecule has 0 radical (unpaired) electrons. The lowest BCUT2D eigenvalue weighted by molar-refractivity contribution is 0.0919. The molecule has 0 bridgehead atoms. The average Bonchev–Trinajstić information content (AvgIpc) is 2.88. The fraction of sp³-hybridized carbons (Fsp3) is 0.200. The molecule has 0 unspecified atom stereocenters. The standard InChI is InChI=1S/C15H16N2O/c1-3-7-12(2)14(18)15-16-10-11-17(15)13-8-5-4-6-9-13/h3-6,8-12H,1,7H2,2H3/t12-/m0/s1. The lowest BCUT2D eigenvalue weighted by Gasteiger charge is -2.10. The molecular weight excluding hydrogens is 224 g/mol. The van der Waals surface area contributed by atoms with E-state index in [1.54, 1.807) is 12.3 Å². The zero-order valence-corrected chi connectivity index (χ0v) is 10.4. The lowest BCUT2D eigenvalue weighted by atomic mass is 10.0. The van der Waals surface area contributed by atoms with Crippen molar-refractivity contribution in [3.63, 3.8) is 0 Å². The molecule has 18 heavy (non-hydrogen) atoms. The zero-order chi connectivity index (χ0) is 13.0. The summed E-state index contributed by atoms with van der Waals surface area (Å²) in [4.78, 5) is 16.4. The van der Waals surface area contributed by atoms with Crippen LogP contribution in [0.15, 0.2) is 55.4 Å². The number of hydrogen-bond acceptors (Lipinski definition) is 2. The number of hydrogen-bond donors (Lipinski definition) is 0. The van der Waals surface area contributed by atoms with Gasteiger partial charge in [0.15, 0.2) is 5.82 Å². The maximum absolute atomic E-state index is 12.3. The van der Waals surface area contributed by atoms with Gasteiger partial charge in [-0.3, -0.25) is 9.36 Å².